The van der Waals surface area contributed by atoms with Crippen LogP contribution in [0.1, 0.15) is 18.4 Å². The zero-order valence-electron chi connectivity index (χ0n) is 21.3. The van der Waals surface area contributed by atoms with Crippen LogP contribution in [0.25, 0.3) is 0 Å². The van der Waals surface area contributed by atoms with Gasteiger partial charge in [-0.2, -0.15) is 0 Å². The van der Waals surface area contributed by atoms with Crippen molar-refractivity contribution < 1.29 is 22.7 Å². The van der Waals surface area contributed by atoms with Crippen molar-refractivity contribution in [3.05, 3.63) is 84.4 Å². The highest BCUT2D eigenvalue weighted by Gasteiger charge is 2.39. The summed E-state index contributed by atoms with van der Waals surface area (Å²) in [7, 11) is -1.42. The second-order valence-corrected chi connectivity index (χ2v) is 13.4. The van der Waals surface area contributed by atoms with Gasteiger partial charge in [0.15, 0.2) is 9.84 Å². The fraction of sp³-hybridized carbons (Fsp3) is 0.345. The van der Waals surface area contributed by atoms with E-state index in [4.69, 9.17) is 9.47 Å². The van der Waals surface area contributed by atoms with E-state index in [2.05, 4.69) is 10.2 Å². The minimum absolute atomic E-state index is 0.0222. The lowest BCUT2D eigenvalue weighted by atomic mass is 10.1. The Labute approximate surface area is 228 Å². The van der Waals surface area contributed by atoms with Crippen LogP contribution in [0.3, 0.4) is 0 Å². The summed E-state index contributed by atoms with van der Waals surface area (Å²) in [6, 6.07) is 24.9. The minimum atomic E-state index is -3.07. The first-order valence-corrected chi connectivity index (χ1v) is 15.4. The number of nitrogens with zero attached hydrogens (tertiary/aromatic N) is 1. The van der Waals surface area contributed by atoms with Gasteiger partial charge in [-0.3, -0.25) is 9.69 Å². The molecule has 1 N–H and O–H groups in total. The Kier molecular flexibility index (Phi) is 8.26. The maximum atomic E-state index is 13.4. The van der Waals surface area contributed by atoms with Gasteiger partial charge in [-0.25, -0.2) is 8.42 Å². The van der Waals surface area contributed by atoms with Gasteiger partial charge in [-0.05, 0) is 66.9 Å². The van der Waals surface area contributed by atoms with Gasteiger partial charge in [-0.1, -0.05) is 30.3 Å². The fourth-order valence-electron chi connectivity index (χ4n) is 5.01. The number of sulfone groups is 1. The largest absolute Gasteiger partial charge is 0.497 e. The van der Waals surface area contributed by atoms with Gasteiger partial charge in [0.1, 0.15) is 17.2 Å². The van der Waals surface area contributed by atoms with Crippen LogP contribution in [0.4, 0.5) is 0 Å². The number of carbonyl (C=O) groups is 1. The fourth-order valence-corrected chi connectivity index (χ4v) is 7.91. The third-order valence-corrected chi connectivity index (χ3v) is 9.86. The summed E-state index contributed by atoms with van der Waals surface area (Å²) in [5.41, 5.74) is 1.05. The van der Waals surface area contributed by atoms with Crippen molar-refractivity contribution in [3.8, 4) is 17.2 Å². The van der Waals surface area contributed by atoms with E-state index in [1.54, 1.807) is 18.9 Å². The maximum Gasteiger partial charge on any atom is 0.237 e. The lowest BCUT2D eigenvalue weighted by Crippen LogP contribution is -2.47. The van der Waals surface area contributed by atoms with Crippen LogP contribution >= 0.6 is 11.8 Å². The summed E-state index contributed by atoms with van der Waals surface area (Å²) in [5.74, 6) is 2.38. The van der Waals surface area contributed by atoms with Crippen molar-refractivity contribution in [3.63, 3.8) is 0 Å². The molecule has 0 aromatic heterocycles. The Balaban J connectivity index is 1.30. The molecule has 2 fully saturated rings. The molecule has 3 aromatic rings. The van der Waals surface area contributed by atoms with Crippen LogP contribution in [0.5, 0.6) is 17.2 Å². The van der Waals surface area contributed by atoms with E-state index in [0.29, 0.717) is 19.4 Å². The van der Waals surface area contributed by atoms with Gasteiger partial charge in [0.05, 0.1) is 24.7 Å². The van der Waals surface area contributed by atoms with Crippen molar-refractivity contribution in [2.24, 2.45) is 0 Å². The molecule has 0 spiro atoms. The second-order valence-electron chi connectivity index (χ2n) is 9.77. The number of para-hydroxylation sites is 1. The van der Waals surface area contributed by atoms with Gasteiger partial charge >= 0.3 is 0 Å². The Morgan fingerprint density at radius 2 is 1.76 bits per heavy atom. The van der Waals surface area contributed by atoms with E-state index in [1.807, 2.05) is 78.9 Å². The lowest BCUT2D eigenvalue weighted by Gasteiger charge is -2.25. The summed E-state index contributed by atoms with van der Waals surface area (Å²) >= 11 is 1.76. The Hall–Kier alpha value is -3.01. The van der Waals surface area contributed by atoms with E-state index in [0.717, 1.165) is 34.3 Å². The van der Waals surface area contributed by atoms with Crippen molar-refractivity contribution >= 4 is 27.5 Å². The van der Waals surface area contributed by atoms with Crippen LogP contribution in [0.15, 0.2) is 83.8 Å². The van der Waals surface area contributed by atoms with Crippen molar-refractivity contribution in [2.45, 2.75) is 41.6 Å². The number of rotatable bonds is 9. The zero-order valence-corrected chi connectivity index (χ0v) is 22.9. The highest BCUT2D eigenvalue weighted by molar-refractivity contribution is 8.00. The van der Waals surface area contributed by atoms with E-state index in [1.165, 1.54) is 0 Å². The number of hydrogen-bond donors (Lipinski definition) is 1. The molecule has 0 aliphatic carbocycles. The Morgan fingerprint density at radius 3 is 2.47 bits per heavy atom. The summed E-state index contributed by atoms with van der Waals surface area (Å²) in [6.07, 6.45) is 1.16. The lowest BCUT2D eigenvalue weighted by molar-refractivity contribution is -0.126. The SMILES string of the molecule is COc1ccc(S[C@@H]2C[C@@H](C(=O)NC3CCS(=O)(=O)C3)N(Cc3cccc(Oc4ccccc4)c3)C2)cc1. The molecule has 1 unspecified atom stereocenters. The van der Waals surface area contributed by atoms with Crippen molar-refractivity contribution in [1.29, 1.82) is 0 Å². The van der Waals surface area contributed by atoms with Crippen molar-refractivity contribution in [2.75, 3.05) is 25.2 Å². The van der Waals surface area contributed by atoms with Gasteiger partial charge in [0, 0.05) is 29.3 Å². The number of amides is 1. The van der Waals surface area contributed by atoms with Crippen molar-refractivity contribution in [1.82, 2.24) is 10.2 Å². The molecule has 1 amide bonds. The number of hydrogen-bond acceptors (Lipinski definition) is 7. The maximum absolute atomic E-state index is 13.4. The average molecular weight is 553 g/mol. The van der Waals surface area contributed by atoms with Crippen LogP contribution in [0, 0.1) is 0 Å². The molecule has 7 nitrogen and oxygen atoms in total. The van der Waals surface area contributed by atoms with E-state index in [9.17, 15) is 13.2 Å². The molecule has 38 heavy (non-hydrogen) atoms. The molecule has 0 saturated carbocycles. The third kappa shape index (κ3) is 6.89. The molecule has 0 radical (unpaired) electrons. The van der Waals surface area contributed by atoms with Crippen LogP contribution in [0.2, 0.25) is 0 Å². The van der Waals surface area contributed by atoms with Crippen LogP contribution in [-0.4, -0.2) is 61.7 Å². The summed E-state index contributed by atoms with van der Waals surface area (Å²) in [4.78, 5) is 16.7. The molecular formula is C29H32N2O5S2. The predicted octanol–water partition coefficient (Wildman–Crippen LogP) is 4.53. The third-order valence-electron chi connectivity index (χ3n) is 6.87. The number of likely N-dealkylation sites (tertiary alicyclic amines) is 1. The molecule has 200 valence electrons. The summed E-state index contributed by atoms with van der Waals surface area (Å²) < 4.78 is 35.1. The van der Waals surface area contributed by atoms with Crippen LogP contribution < -0.4 is 14.8 Å². The van der Waals surface area contributed by atoms with E-state index >= 15 is 0 Å². The minimum Gasteiger partial charge on any atom is -0.497 e. The zero-order chi connectivity index (χ0) is 26.5. The molecule has 5 rings (SSSR count). The first-order valence-electron chi connectivity index (χ1n) is 12.7. The quantitative estimate of drug-likeness (QED) is 0.418. The molecular weight excluding hydrogens is 520 g/mol. The molecule has 2 aliphatic rings. The monoisotopic (exact) mass is 552 g/mol. The van der Waals surface area contributed by atoms with Gasteiger partial charge in [0.2, 0.25) is 5.91 Å². The Morgan fingerprint density at radius 1 is 1.00 bits per heavy atom. The summed E-state index contributed by atoms with van der Waals surface area (Å²) in [5, 5.41) is 3.24. The molecule has 3 aromatic carbocycles. The first kappa shape index (κ1) is 26.6. The van der Waals surface area contributed by atoms with Gasteiger partial charge < -0.3 is 14.8 Å². The standard InChI is InChI=1S/C29H32N2O5S2/c1-35-23-10-12-26(13-11-23)37-27-17-28(29(32)30-22-14-15-38(33,34)20-22)31(19-27)18-21-6-5-9-25(16-21)36-24-7-3-2-4-8-24/h2-13,16,22,27-28H,14-15,17-20H2,1H3,(H,30,32)/t22?,27-,28+/m1/s1. The van der Waals surface area contributed by atoms with Gasteiger partial charge in [-0.15, -0.1) is 11.8 Å². The molecule has 2 aliphatic heterocycles. The molecule has 2 saturated heterocycles. The number of ether oxygens (including phenoxy) is 2. The highest BCUT2D eigenvalue weighted by Crippen LogP contribution is 2.35. The molecule has 3 atom stereocenters. The number of carbonyl (C=O) groups excluding carboxylic acids is 1. The average Bonchev–Trinajstić information content (AvgIpc) is 3.46. The molecule has 0 bridgehead atoms. The smallest absolute Gasteiger partial charge is 0.237 e. The highest BCUT2D eigenvalue weighted by atomic mass is 32.2. The van der Waals surface area contributed by atoms with Crippen LogP contribution in [-0.2, 0) is 21.2 Å². The van der Waals surface area contributed by atoms with E-state index < -0.39 is 9.84 Å². The topological polar surface area (TPSA) is 84.9 Å². The molecule has 9 heteroatoms. The number of thioether (sulfide) groups is 1. The number of nitrogens with one attached hydrogen (secondary N) is 1. The Bertz CT molecular complexity index is 1350. The first-order chi connectivity index (χ1) is 18.4. The normalized spacial score (nSPS) is 22.7. The molecule has 2 heterocycles. The number of benzene rings is 3. The summed E-state index contributed by atoms with van der Waals surface area (Å²) in [6.45, 7) is 1.33. The van der Waals surface area contributed by atoms with Gasteiger partial charge in [0.25, 0.3) is 0 Å². The number of methoxy groups -OCH3 is 1. The van der Waals surface area contributed by atoms with E-state index in [-0.39, 0.29) is 34.7 Å². The second kappa shape index (κ2) is 11.8. The predicted molar refractivity (Wildman–Crippen MR) is 150 cm³/mol.